The van der Waals surface area contributed by atoms with E-state index in [4.69, 9.17) is 18.9 Å². The highest BCUT2D eigenvalue weighted by Gasteiger charge is 2.62. The Morgan fingerprint density at radius 3 is 1.87 bits per heavy atom. The largest absolute Gasteiger partial charge is 0.458 e. The lowest BCUT2D eigenvalue weighted by molar-refractivity contribution is -0.195. The molecule has 0 N–H and O–H groups in total. The van der Waals surface area contributed by atoms with Crippen molar-refractivity contribution in [2.45, 2.75) is 85.2 Å². The van der Waals surface area contributed by atoms with Crippen LogP contribution in [0.2, 0.25) is 0 Å². The van der Waals surface area contributed by atoms with Crippen molar-refractivity contribution in [3.05, 3.63) is 95.6 Å². The van der Waals surface area contributed by atoms with Crippen LogP contribution in [0.25, 0.3) is 0 Å². The van der Waals surface area contributed by atoms with Crippen LogP contribution in [0.4, 0.5) is 0 Å². The van der Waals surface area contributed by atoms with Gasteiger partial charge in [-0.05, 0) is 62.9 Å². The van der Waals surface area contributed by atoms with Crippen molar-refractivity contribution in [2.24, 2.45) is 23.2 Å². The van der Waals surface area contributed by atoms with Crippen LogP contribution in [-0.4, -0.2) is 53.6 Å². The summed E-state index contributed by atoms with van der Waals surface area (Å²) in [5.74, 6) is -4.29. The van der Waals surface area contributed by atoms with Gasteiger partial charge in [0.1, 0.15) is 24.1 Å². The Kier molecular flexibility index (Phi) is 10.9. The van der Waals surface area contributed by atoms with E-state index in [0.29, 0.717) is 16.7 Å². The molecule has 0 radical (unpaired) electrons. The number of carbonyl (C=O) groups excluding carboxylic acids is 5. The zero-order valence-corrected chi connectivity index (χ0v) is 28.1. The fourth-order valence-corrected chi connectivity index (χ4v) is 6.63. The minimum absolute atomic E-state index is 0.128. The molecule has 0 saturated heterocycles. The van der Waals surface area contributed by atoms with Gasteiger partial charge >= 0.3 is 23.9 Å². The van der Waals surface area contributed by atoms with E-state index >= 15 is 0 Å². The maximum Gasteiger partial charge on any atom is 0.338 e. The van der Waals surface area contributed by atoms with Gasteiger partial charge in [0.05, 0.1) is 17.0 Å². The third-order valence-corrected chi connectivity index (χ3v) is 9.07. The van der Waals surface area contributed by atoms with E-state index in [2.05, 4.69) is 0 Å². The van der Waals surface area contributed by atoms with E-state index in [1.807, 2.05) is 13.8 Å². The van der Waals surface area contributed by atoms with Crippen molar-refractivity contribution in [3.63, 3.8) is 0 Å². The molecule has 2 aliphatic rings. The summed E-state index contributed by atoms with van der Waals surface area (Å²) in [6, 6.07) is 17.0. The van der Waals surface area contributed by atoms with Crippen LogP contribution >= 0.6 is 0 Å². The highest BCUT2D eigenvalue weighted by atomic mass is 16.6. The summed E-state index contributed by atoms with van der Waals surface area (Å²) in [5, 5.41) is 0. The molecule has 0 spiro atoms. The number of benzene rings is 2. The maximum atomic E-state index is 13.8. The second kappa shape index (κ2) is 14.5. The highest BCUT2D eigenvalue weighted by molar-refractivity contribution is 5.91. The number of allylic oxidation sites excluding steroid dienone is 1. The molecular formula is C38H44O9. The Hall–Kier alpha value is -4.53. The van der Waals surface area contributed by atoms with Gasteiger partial charge in [-0.15, -0.1) is 0 Å². The van der Waals surface area contributed by atoms with Crippen LogP contribution in [0.3, 0.4) is 0 Å². The van der Waals surface area contributed by atoms with Gasteiger partial charge in [-0.3, -0.25) is 14.4 Å². The normalized spacial score (nSPS) is 30.6. The average Bonchev–Trinajstić information content (AvgIpc) is 3.27. The Labute approximate surface area is 276 Å². The SMILES string of the molecule is CC(=O)O[C@@H]1[C@H](C)/C=C\C(C)(C)C(=O)C[C@@H](OC(=O)c2ccccc2)/C(C)=C/[C@H]2[C@@H](OC(=O)c3ccccc3)[C@H](C)C[C@]12OC(C)=O. The lowest BCUT2D eigenvalue weighted by Crippen LogP contribution is -2.55. The fraction of sp³-hybridized carbons (Fsp3) is 0.447. The number of ether oxygens (including phenoxy) is 4. The molecule has 0 amide bonds. The maximum absolute atomic E-state index is 13.8. The summed E-state index contributed by atoms with van der Waals surface area (Å²) in [7, 11) is 0. The number of hydrogen-bond donors (Lipinski definition) is 0. The van der Waals surface area contributed by atoms with Crippen LogP contribution in [-0.2, 0) is 33.3 Å². The number of rotatable bonds is 6. The molecule has 0 bridgehead atoms. The molecule has 0 aromatic heterocycles. The monoisotopic (exact) mass is 644 g/mol. The molecule has 250 valence electrons. The molecule has 47 heavy (non-hydrogen) atoms. The van der Waals surface area contributed by atoms with Crippen molar-refractivity contribution in [1.82, 2.24) is 0 Å². The molecule has 4 rings (SSSR count). The van der Waals surface area contributed by atoms with E-state index in [1.165, 1.54) is 13.8 Å². The van der Waals surface area contributed by atoms with Crippen LogP contribution < -0.4 is 0 Å². The molecule has 0 aliphatic heterocycles. The van der Waals surface area contributed by atoms with E-state index in [1.54, 1.807) is 99.7 Å². The van der Waals surface area contributed by atoms with E-state index in [9.17, 15) is 24.0 Å². The molecule has 1 fully saturated rings. The smallest absolute Gasteiger partial charge is 0.338 e. The molecule has 2 aromatic carbocycles. The number of hydrogen-bond acceptors (Lipinski definition) is 9. The zero-order chi connectivity index (χ0) is 34.5. The molecule has 2 aromatic rings. The molecule has 0 heterocycles. The molecular weight excluding hydrogens is 600 g/mol. The topological polar surface area (TPSA) is 122 Å². The summed E-state index contributed by atoms with van der Waals surface area (Å²) >= 11 is 0. The molecule has 9 heteroatoms. The number of Topliss-reactive ketones (excluding diaryl/α,β-unsaturated/α-hetero) is 1. The Balaban J connectivity index is 1.92. The number of fused-ring (bicyclic) bond motifs is 1. The predicted molar refractivity (Wildman–Crippen MR) is 174 cm³/mol. The minimum atomic E-state index is -1.48. The van der Waals surface area contributed by atoms with Gasteiger partial charge in [0, 0.05) is 31.6 Å². The van der Waals surface area contributed by atoms with E-state index < -0.39 is 65.0 Å². The van der Waals surface area contributed by atoms with Gasteiger partial charge in [-0.25, -0.2) is 9.59 Å². The first-order valence-electron chi connectivity index (χ1n) is 15.9. The van der Waals surface area contributed by atoms with Gasteiger partial charge in [-0.2, -0.15) is 0 Å². The van der Waals surface area contributed by atoms with Crippen LogP contribution in [0.15, 0.2) is 84.5 Å². The van der Waals surface area contributed by atoms with Crippen molar-refractivity contribution in [3.8, 4) is 0 Å². The summed E-state index contributed by atoms with van der Waals surface area (Å²) in [5.41, 5.74) is -1.30. The van der Waals surface area contributed by atoms with Gasteiger partial charge in [0.25, 0.3) is 0 Å². The second-order valence-corrected chi connectivity index (χ2v) is 13.3. The number of carbonyl (C=O) groups is 5. The first kappa shape index (κ1) is 35.3. The predicted octanol–water partition coefficient (Wildman–Crippen LogP) is 6.46. The number of ketones is 1. The van der Waals surface area contributed by atoms with E-state index in [0.717, 1.165) is 0 Å². The van der Waals surface area contributed by atoms with Gasteiger partial charge in [-0.1, -0.05) is 68.5 Å². The Bertz CT molecular complexity index is 1540. The van der Waals surface area contributed by atoms with Gasteiger partial charge in [0.15, 0.2) is 5.60 Å². The van der Waals surface area contributed by atoms with Crippen molar-refractivity contribution in [2.75, 3.05) is 0 Å². The zero-order valence-electron chi connectivity index (χ0n) is 28.1. The first-order valence-corrected chi connectivity index (χ1v) is 15.9. The number of esters is 4. The summed E-state index contributed by atoms with van der Waals surface area (Å²) in [4.78, 5) is 66.0. The second-order valence-electron chi connectivity index (χ2n) is 13.3. The van der Waals surface area contributed by atoms with Crippen LogP contribution in [0, 0.1) is 23.2 Å². The quantitative estimate of drug-likeness (QED) is 0.198. The molecule has 0 unspecified atom stereocenters. The lowest BCUT2D eigenvalue weighted by atomic mass is 9.75. The highest BCUT2D eigenvalue weighted by Crippen LogP contribution is 2.51. The molecule has 9 nitrogen and oxygen atoms in total. The first-order chi connectivity index (χ1) is 22.1. The van der Waals surface area contributed by atoms with Crippen molar-refractivity contribution >= 4 is 29.7 Å². The lowest BCUT2D eigenvalue weighted by Gasteiger charge is -2.43. The van der Waals surface area contributed by atoms with Crippen molar-refractivity contribution in [1.29, 1.82) is 0 Å². The van der Waals surface area contributed by atoms with Crippen LogP contribution in [0.5, 0.6) is 0 Å². The molecule has 1 saturated carbocycles. The van der Waals surface area contributed by atoms with Gasteiger partial charge < -0.3 is 18.9 Å². The summed E-state index contributed by atoms with van der Waals surface area (Å²) in [6.45, 7) is 11.5. The summed E-state index contributed by atoms with van der Waals surface area (Å²) in [6.07, 6.45) is 2.49. The van der Waals surface area contributed by atoms with E-state index in [-0.39, 0.29) is 24.5 Å². The minimum Gasteiger partial charge on any atom is -0.458 e. The third-order valence-electron chi connectivity index (χ3n) is 9.07. The summed E-state index contributed by atoms with van der Waals surface area (Å²) < 4.78 is 24.4. The third kappa shape index (κ3) is 8.07. The molecule has 2 aliphatic carbocycles. The standard InChI is InChI=1S/C38H44O9/c1-23-18-19-37(6,7)32(41)21-31(45-35(42)28-14-10-8-11-15-28)24(2)20-30-33(46-36(43)29-16-12-9-13-17-29)25(3)22-38(30,47-27(5)40)34(23)44-26(4)39/h8-20,23,25,30-31,33-34H,21-22H2,1-7H3/b19-18-,24-20+/t23-,25-,30+,31-,33+,34-,38-/m1/s1. The van der Waals surface area contributed by atoms with Gasteiger partial charge in [0.2, 0.25) is 0 Å². The molecule has 7 atom stereocenters. The average molecular weight is 645 g/mol. The fourth-order valence-electron chi connectivity index (χ4n) is 6.63. The van der Waals surface area contributed by atoms with Crippen LogP contribution in [0.1, 0.15) is 82.0 Å². The van der Waals surface area contributed by atoms with Crippen molar-refractivity contribution < 1.29 is 42.9 Å². The Morgan fingerprint density at radius 2 is 1.34 bits per heavy atom. The Morgan fingerprint density at radius 1 is 0.787 bits per heavy atom.